The van der Waals surface area contributed by atoms with E-state index in [1.165, 1.54) is 7.11 Å². The highest BCUT2D eigenvalue weighted by molar-refractivity contribution is 4.59. The Balaban J connectivity index is 2.37. The molecule has 1 fully saturated rings. The van der Waals surface area contributed by atoms with Gasteiger partial charge in [0.25, 0.3) is 0 Å². The standard InChI is InChI=1S/C6H11O3/c1-8-6(7)4-2-3-5-9-6/h2-5H2,1H3. The van der Waals surface area contributed by atoms with Crippen molar-refractivity contribution in [1.29, 1.82) is 0 Å². The minimum absolute atomic E-state index is 0.476. The third kappa shape index (κ3) is 1.64. The fraction of sp³-hybridized carbons (Fsp3) is 1.00. The molecular weight excluding hydrogens is 120 g/mol. The monoisotopic (exact) mass is 131 g/mol. The third-order valence-corrected chi connectivity index (χ3v) is 1.51. The number of hydrogen-bond donors (Lipinski definition) is 0. The Hall–Kier alpha value is -0.120. The highest BCUT2D eigenvalue weighted by Gasteiger charge is 2.31. The van der Waals surface area contributed by atoms with Gasteiger partial charge in [0.2, 0.25) is 0 Å². The van der Waals surface area contributed by atoms with E-state index in [-0.39, 0.29) is 0 Å². The van der Waals surface area contributed by atoms with Crippen LogP contribution in [0.3, 0.4) is 0 Å². The molecule has 1 unspecified atom stereocenters. The van der Waals surface area contributed by atoms with Crippen molar-refractivity contribution in [2.24, 2.45) is 0 Å². The molecule has 0 bridgehead atoms. The first-order chi connectivity index (χ1) is 4.27. The Labute approximate surface area is 54.6 Å². The van der Waals surface area contributed by atoms with Crippen molar-refractivity contribution in [2.75, 3.05) is 13.7 Å². The predicted molar refractivity (Wildman–Crippen MR) is 30.2 cm³/mol. The zero-order valence-electron chi connectivity index (χ0n) is 5.55. The Morgan fingerprint density at radius 2 is 2.33 bits per heavy atom. The van der Waals surface area contributed by atoms with Crippen LogP contribution in [0.5, 0.6) is 0 Å². The predicted octanol–water partition coefficient (Wildman–Crippen LogP) is 0.918. The fourth-order valence-electron chi connectivity index (χ4n) is 0.904. The SMILES string of the molecule is COC1([O])CCCCO1. The van der Waals surface area contributed by atoms with E-state index in [1.807, 2.05) is 0 Å². The van der Waals surface area contributed by atoms with E-state index in [0.29, 0.717) is 13.0 Å². The molecule has 9 heavy (non-hydrogen) atoms. The number of ether oxygens (including phenoxy) is 2. The fourth-order valence-corrected chi connectivity index (χ4v) is 0.904. The van der Waals surface area contributed by atoms with Crippen LogP contribution in [0, 0.1) is 0 Å². The molecule has 3 heteroatoms. The summed E-state index contributed by atoms with van der Waals surface area (Å²) in [5.41, 5.74) is 0. The Bertz CT molecular complexity index is 86.3. The summed E-state index contributed by atoms with van der Waals surface area (Å²) in [5.74, 6) is -1.53. The van der Waals surface area contributed by atoms with E-state index in [0.717, 1.165) is 12.8 Å². The molecule has 1 aliphatic heterocycles. The van der Waals surface area contributed by atoms with Gasteiger partial charge in [-0.15, -0.1) is 0 Å². The molecule has 53 valence electrons. The van der Waals surface area contributed by atoms with Gasteiger partial charge in [-0.2, -0.15) is 5.11 Å². The molecule has 0 amide bonds. The maximum Gasteiger partial charge on any atom is 0.312 e. The summed E-state index contributed by atoms with van der Waals surface area (Å²) in [6.07, 6.45) is 2.37. The summed E-state index contributed by atoms with van der Waals surface area (Å²) in [6, 6.07) is 0. The molecule has 0 N–H and O–H groups in total. The molecule has 0 saturated carbocycles. The van der Waals surface area contributed by atoms with Crippen molar-refractivity contribution >= 4 is 0 Å². The average molecular weight is 131 g/mol. The van der Waals surface area contributed by atoms with Crippen LogP contribution in [0.25, 0.3) is 0 Å². The van der Waals surface area contributed by atoms with E-state index in [2.05, 4.69) is 4.74 Å². The van der Waals surface area contributed by atoms with Crippen molar-refractivity contribution < 1.29 is 14.6 Å². The smallest absolute Gasteiger partial charge is 0.312 e. The maximum absolute atomic E-state index is 11.0. The molecule has 1 heterocycles. The Morgan fingerprint density at radius 3 is 2.67 bits per heavy atom. The molecule has 0 spiro atoms. The largest absolute Gasteiger partial charge is 0.329 e. The molecule has 0 aromatic carbocycles. The third-order valence-electron chi connectivity index (χ3n) is 1.51. The summed E-state index contributed by atoms with van der Waals surface area (Å²) >= 11 is 0. The quantitative estimate of drug-likeness (QED) is 0.496. The second-order valence-corrected chi connectivity index (χ2v) is 2.19. The first kappa shape index (κ1) is 6.99. The van der Waals surface area contributed by atoms with Gasteiger partial charge in [-0.25, -0.2) is 0 Å². The van der Waals surface area contributed by atoms with Gasteiger partial charge in [0, 0.05) is 13.5 Å². The molecule has 1 atom stereocenters. The van der Waals surface area contributed by atoms with Gasteiger partial charge in [0.1, 0.15) is 0 Å². The number of hydrogen-bond acceptors (Lipinski definition) is 2. The lowest BCUT2D eigenvalue weighted by atomic mass is 10.2. The lowest BCUT2D eigenvalue weighted by Crippen LogP contribution is -2.36. The van der Waals surface area contributed by atoms with Crippen LogP contribution >= 0.6 is 0 Å². The van der Waals surface area contributed by atoms with E-state index in [1.54, 1.807) is 0 Å². The van der Waals surface area contributed by atoms with Gasteiger partial charge in [0.15, 0.2) is 0 Å². The van der Waals surface area contributed by atoms with Gasteiger partial charge < -0.3 is 9.47 Å². The van der Waals surface area contributed by atoms with Crippen molar-refractivity contribution in [3.05, 3.63) is 0 Å². The zero-order valence-corrected chi connectivity index (χ0v) is 5.55. The molecule has 3 nitrogen and oxygen atoms in total. The second-order valence-electron chi connectivity index (χ2n) is 2.19. The van der Waals surface area contributed by atoms with Gasteiger partial charge >= 0.3 is 5.97 Å². The topological polar surface area (TPSA) is 38.4 Å². The molecular formula is C6H11O3. The summed E-state index contributed by atoms with van der Waals surface area (Å²) in [4.78, 5) is 0. The molecule has 1 radical (unpaired) electrons. The lowest BCUT2D eigenvalue weighted by Gasteiger charge is -2.27. The normalized spacial score (nSPS) is 36.7. The van der Waals surface area contributed by atoms with Gasteiger partial charge in [-0.05, 0) is 12.8 Å². The van der Waals surface area contributed by atoms with Crippen LogP contribution in [-0.4, -0.2) is 19.7 Å². The van der Waals surface area contributed by atoms with Gasteiger partial charge in [-0.1, -0.05) is 0 Å². The van der Waals surface area contributed by atoms with E-state index in [9.17, 15) is 5.11 Å². The first-order valence-corrected chi connectivity index (χ1v) is 3.16. The number of rotatable bonds is 1. The lowest BCUT2D eigenvalue weighted by molar-refractivity contribution is -0.391. The van der Waals surface area contributed by atoms with E-state index >= 15 is 0 Å². The van der Waals surface area contributed by atoms with Crippen LogP contribution < -0.4 is 0 Å². The van der Waals surface area contributed by atoms with Crippen molar-refractivity contribution in [1.82, 2.24) is 0 Å². The van der Waals surface area contributed by atoms with Crippen LogP contribution in [0.15, 0.2) is 0 Å². The van der Waals surface area contributed by atoms with Gasteiger partial charge in [-0.3, -0.25) is 0 Å². The van der Waals surface area contributed by atoms with Crippen LogP contribution in [0.1, 0.15) is 19.3 Å². The molecule has 1 aliphatic rings. The van der Waals surface area contributed by atoms with Crippen LogP contribution in [0.2, 0.25) is 0 Å². The average Bonchev–Trinajstić information content (AvgIpc) is 1.90. The molecule has 1 saturated heterocycles. The number of methoxy groups -OCH3 is 1. The van der Waals surface area contributed by atoms with Gasteiger partial charge in [0.05, 0.1) is 6.61 Å². The second kappa shape index (κ2) is 2.64. The summed E-state index contributed by atoms with van der Waals surface area (Å²) in [6.45, 7) is 0.539. The van der Waals surface area contributed by atoms with E-state index < -0.39 is 5.97 Å². The van der Waals surface area contributed by atoms with Crippen molar-refractivity contribution in [2.45, 2.75) is 25.2 Å². The Kier molecular flexibility index (Phi) is 2.05. The van der Waals surface area contributed by atoms with Crippen molar-refractivity contribution in [3.63, 3.8) is 0 Å². The van der Waals surface area contributed by atoms with Crippen molar-refractivity contribution in [3.8, 4) is 0 Å². The summed E-state index contributed by atoms with van der Waals surface area (Å²) < 4.78 is 9.44. The minimum atomic E-state index is -1.53. The molecule has 0 aromatic heterocycles. The highest BCUT2D eigenvalue weighted by atomic mass is 16.8. The Morgan fingerprint density at radius 1 is 1.56 bits per heavy atom. The van der Waals surface area contributed by atoms with Crippen LogP contribution in [-0.2, 0) is 14.6 Å². The highest BCUT2D eigenvalue weighted by Crippen LogP contribution is 2.22. The zero-order chi connectivity index (χ0) is 6.74. The summed E-state index contributed by atoms with van der Waals surface area (Å²) in [7, 11) is 1.39. The summed E-state index contributed by atoms with van der Waals surface area (Å²) in [5, 5.41) is 11.0. The molecule has 1 rings (SSSR count). The molecule has 0 aromatic rings. The minimum Gasteiger partial charge on any atom is -0.329 e. The van der Waals surface area contributed by atoms with E-state index in [4.69, 9.17) is 4.74 Å². The first-order valence-electron chi connectivity index (χ1n) is 3.16. The van der Waals surface area contributed by atoms with Crippen LogP contribution in [0.4, 0.5) is 0 Å². The molecule has 0 aliphatic carbocycles. The maximum atomic E-state index is 11.0.